The predicted molar refractivity (Wildman–Crippen MR) is 236 cm³/mol. The number of fused-ring (bicyclic) bond motifs is 2. The Bertz CT molecular complexity index is 2130. The number of imidazole rings is 1. The number of carbonyl (C=O) groups excluding carboxylic acids is 4. The molecule has 66 heavy (non-hydrogen) atoms. The number of nitrogens with one attached hydrogen (secondary N) is 3. The number of hydrogen-bond donors (Lipinski definition) is 4. The van der Waals surface area contributed by atoms with Crippen LogP contribution in [0.1, 0.15) is 102 Å². The first-order valence-electron chi connectivity index (χ1n) is 23.6. The maximum atomic E-state index is 14.3. The third-order valence-corrected chi connectivity index (χ3v) is 14.6. The van der Waals surface area contributed by atoms with Gasteiger partial charge in [-0.2, -0.15) is 0 Å². The molecule has 1 aromatic rings. The van der Waals surface area contributed by atoms with Crippen molar-refractivity contribution in [1.82, 2.24) is 40.2 Å². The van der Waals surface area contributed by atoms with Gasteiger partial charge in [-0.05, 0) is 112 Å². The molecule has 4 aliphatic heterocycles. The van der Waals surface area contributed by atoms with Gasteiger partial charge < -0.3 is 44.9 Å². The van der Waals surface area contributed by atoms with E-state index in [4.69, 9.17) is 19.2 Å². The Hall–Kier alpha value is -4.72. The van der Waals surface area contributed by atoms with Crippen molar-refractivity contribution >= 4 is 29.5 Å². The molecule has 19 heteroatoms. The summed E-state index contributed by atoms with van der Waals surface area (Å²) in [5, 5.41) is 15.3. The molecule has 1 aromatic heterocycles. The number of allylic oxidation sites excluding steroid dienone is 4. The number of carbonyl (C=O) groups is 4. The minimum absolute atomic E-state index is 0.0481. The average molecular weight is 927 g/mol. The molecule has 7 aliphatic rings. The predicted octanol–water partition coefficient (Wildman–Crippen LogP) is 5.35. The molecule has 3 aliphatic carbocycles. The molecule has 0 saturated carbocycles. The topological polar surface area (TPSA) is 182 Å². The van der Waals surface area contributed by atoms with Crippen molar-refractivity contribution in [3.63, 3.8) is 0 Å². The zero-order chi connectivity index (χ0) is 46.9. The summed E-state index contributed by atoms with van der Waals surface area (Å²) in [6, 6.07) is -1.17. The van der Waals surface area contributed by atoms with Crippen molar-refractivity contribution in [2.75, 3.05) is 72.7 Å². The molecule has 4 N–H and O–H groups in total. The van der Waals surface area contributed by atoms with E-state index in [0.717, 1.165) is 40.9 Å². The highest BCUT2D eigenvalue weighted by atomic mass is 19.4. The lowest BCUT2D eigenvalue weighted by molar-refractivity contribution is -0.331. The van der Waals surface area contributed by atoms with Crippen LogP contribution in [0.3, 0.4) is 0 Å². The van der Waals surface area contributed by atoms with E-state index in [0.29, 0.717) is 121 Å². The molecule has 5 heterocycles. The van der Waals surface area contributed by atoms with Crippen LogP contribution in [0.4, 0.5) is 22.8 Å². The fraction of sp³-hybridized carbons (Fsp3) is 0.681. The van der Waals surface area contributed by atoms with Crippen molar-refractivity contribution in [3.05, 3.63) is 57.9 Å². The molecule has 5 amide bonds. The SMILES string of the molecule is COC(=O)NC(C(=O)N1CC(C)CC1c1nc2c([nH]1)CCC1=C2CCC(C2=CCC(NC(=O)N3CCN(C4CCN(C(=O)C(C)(C)CO)CC4)CC3)=CC2OC(F)(F)F)=C1)C1CCOCC1. The number of alkyl carbamates (subject to hydrolysis) is 1. The molecule has 0 spiro atoms. The van der Waals surface area contributed by atoms with Crippen LogP contribution in [-0.2, 0) is 30.2 Å². The van der Waals surface area contributed by atoms with E-state index in [1.165, 1.54) is 13.2 Å². The molecule has 0 bridgehead atoms. The van der Waals surface area contributed by atoms with Crippen LogP contribution in [0.5, 0.6) is 0 Å². The van der Waals surface area contributed by atoms with Crippen molar-refractivity contribution in [1.29, 1.82) is 0 Å². The number of amides is 5. The zero-order valence-electron chi connectivity index (χ0n) is 38.5. The number of alkyl halides is 3. The first kappa shape index (κ1) is 47.8. The number of piperazine rings is 1. The molecule has 0 aromatic carbocycles. The maximum Gasteiger partial charge on any atom is 0.523 e. The monoisotopic (exact) mass is 926 g/mol. The Morgan fingerprint density at radius 2 is 1.71 bits per heavy atom. The Kier molecular flexibility index (Phi) is 14.4. The molecular formula is C47H65F3N8O8. The fourth-order valence-electron chi connectivity index (χ4n) is 10.9. The van der Waals surface area contributed by atoms with E-state index in [-0.39, 0.29) is 54.8 Å². The highest BCUT2D eigenvalue weighted by molar-refractivity contribution is 5.87. The smallest absolute Gasteiger partial charge is 0.453 e. The number of hydrogen-bond acceptors (Lipinski definition) is 10. The second-order valence-electron chi connectivity index (χ2n) is 19.6. The van der Waals surface area contributed by atoms with Gasteiger partial charge in [-0.1, -0.05) is 19.1 Å². The van der Waals surface area contributed by atoms with Gasteiger partial charge in [0.05, 0.1) is 30.9 Å². The first-order chi connectivity index (χ1) is 31.5. The van der Waals surface area contributed by atoms with Crippen LogP contribution in [0, 0.1) is 17.3 Å². The van der Waals surface area contributed by atoms with Gasteiger partial charge >= 0.3 is 18.5 Å². The van der Waals surface area contributed by atoms with Crippen molar-refractivity contribution in [3.8, 4) is 0 Å². The quantitative estimate of drug-likeness (QED) is 0.239. The van der Waals surface area contributed by atoms with Gasteiger partial charge in [-0.15, -0.1) is 13.2 Å². The maximum absolute atomic E-state index is 14.3. The summed E-state index contributed by atoms with van der Waals surface area (Å²) >= 11 is 0. The molecule has 4 atom stereocenters. The van der Waals surface area contributed by atoms with Gasteiger partial charge in [0.2, 0.25) is 11.8 Å². The zero-order valence-corrected chi connectivity index (χ0v) is 38.5. The molecule has 4 saturated heterocycles. The first-order valence-corrected chi connectivity index (χ1v) is 23.6. The van der Waals surface area contributed by atoms with Crippen molar-refractivity contribution < 1.29 is 51.7 Å². The van der Waals surface area contributed by atoms with Crippen LogP contribution >= 0.6 is 0 Å². The number of halogens is 3. The summed E-state index contributed by atoms with van der Waals surface area (Å²) in [5.41, 5.74) is 4.57. The lowest BCUT2D eigenvalue weighted by Gasteiger charge is -2.43. The minimum atomic E-state index is -4.92. The van der Waals surface area contributed by atoms with Crippen LogP contribution in [0.25, 0.3) is 5.57 Å². The third-order valence-electron chi connectivity index (χ3n) is 14.6. The number of aromatic nitrogens is 2. The molecule has 4 fully saturated rings. The average Bonchev–Trinajstić information content (AvgIpc) is 3.94. The number of aliphatic hydroxyl groups excluding tert-OH is 1. The van der Waals surface area contributed by atoms with Gasteiger partial charge in [-0.3, -0.25) is 19.2 Å². The van der Waals surface area contributed by atoms with E-state index in [2.05, 4.69) is 27.4 Å². The van der Waals surface area contributed by atoms with Gasteiger partial charge in [0.1, 0.15) is 18.0 Å². The lowest BCUT2D eigenvalue weighted by atomic mass is 9.80. The van der Waals surface area contributed by atoms with E-state index in [1.807, 2.05) is 15.9 Å². The molecule has 362 valence electrons. The number of aliphatic hydroxyl groups is 1. The van der Waals surface area contributed by atoms with Gasteiger partial charge in [0, 0.05) is 82.9 Å². The number of piperidine rings is 1. The summed E-state index contributed by atoms with van der Waals surface area (Å²) < 4.78 is 57.0. The van der Waals surface area contributed by atoms with Gasteiger partial charge in [-0.25, -0.2) is 14.6 Å². The summed E-state index contributed by atoms with van der Waals surface area (Å²) in [6.07, 6.45) is 4.24. The Balaban J connectivity index is 0.912. The van der Waals surface area contributed by atoms with Crippen LogP contribution < -0.4 is 10.6 Å². The van der Waals surface area contributed by atoms with Gasteiger partial charge in [0.25, 0.3) is 0 Å². The van der Waals surface area contributed by atoms with Crippen LogP contribution in [0.2, 0.25) is 0 Å². The number of likely N-dealkylation sites (tertiary alicyclic amines) is 2. The number of rotatable bonds is 10. The number of aryl methyl sites for hydroxylation is 1. The molecular weight excluding hydrogens is 862 g/mol. The Morgan fingerprint density at radius 1 is 0.985 bits per heavy atom. The number of nitrogens with zero attached hydrogens (tertiary/aromatic N) is 5. The van der Waals surface area contributed by atoms with Crippen LogP contribution in [-0.4, -0.2) is 156 Å². The standard InChI is InChI=1S/C47H65F3N8O8/c1-28-23-37(58(26-28)42(60)39(54-45(63)64-4)29-13-21-65-22-14-29)41-52-36-10-6-31-24-30(5-8-35(31)40(36)53-41)34-9-7-32(25-38(34)66-47(48,49)50)51-44(62)57-19-17-55(18-20-57)33-11-15-56(16-12-33)43(61)46(2,3)27-59/h9,24-25,28-29,33,37-39,59H,5-8,10-23,26-27H2,1-4H3,(H,51,62)(H,52,53)(H,54,63). The summed E-state index contributed by atoms with van der Waals surface area (Å²) in [6.45, 7) is 10.4. The normalized spacial score (nSPS) is 25.4. The number of urea groups is 1. The Morgan fingerprint density at radius 3 is 2.39 bits per heavy atom. The van der Waals surface area contributed by atoms with Gasteiger partial charge in [0.15, 0.2) is 0 Å². The second kappa shape index (κ2) is 19.9. The number of H-pyrrole nitrogens is 1. The third kappa shape index (κ3) is 10.5. The second-order valence-corrected chi connectivity index (χ2v) is 19.6. The van der Waals surface area contributed by atoms with Crippen molar-refractivity contribution in [2.45, 2.75) is 116 Å². The summed E-state index contributed by atoms with van der Waals surface area (Å²) in [7, 11) is 1.28. The summed E-state index contributed by atoms with van der Waals surface area (Å²) in [4.78, 5) is 69.3. The van der Waals surface area contributed by atoms with E-state index < -0.39 is 30.0 Å². The number of aromatic amines is 1. The minimum Gasteiger partial charge on any atom is -0.453 e. The summed E-state index contributed by atoms with van der Waals surface area (Å²) in [5.74, 6) is 0.578. The lowest BCUT2D eigenvalue weighted by Crippen LogP contribution is -2.56. The number of ether oxygens (including phenoxy) is 3. The van der Waals surface area contributed by atoms with Crippen molar-refractivity contribution in [2.24, 2.45) is 17.3 Å². The van der Waals surface area contributed by atoms with E-state index in [1.54, 1.807) is 24.8 Å². The highest BCUT2D eigenvalue weighted by Gasteiger charge is 2.44. The fourth-order valence-corrected chi connectivity index (χ4v) is 10.9. The van der Waals surface area contributed by atoms with E-state index >= 15 is 0 Å². The molecule has 16 nitrogen and oxygen atoms in total. The number of methoxy groups -OCH3 is 1. The van der Waals surface area contributed by atoms with Crippen LogP contribution in [0.15, 0.2) is 40.6 Å². The highest BCUT2D eigenvalue weighted by Crippen LogP contribution is 2.44. The Labute approximate surface area is 384 Å². The molecule has 8 rings (SSSR count). The molecule has 0 radical (unpaired) electrons. The molecule has 4 unspecified atom stereocenters. The largest absolute Gasteiger partial charge is 0.523 e. The van der Waals surface area contributed by atoms with E-state index in [9.17, 15) is 37.5 Å².